The molecule has 0 aliphatic heterocycles. The highest BCUT2D eigenvalue weighted by molar-refractivity contribution is 5.75. The first-order chi connectivity index (χ1) is 10.0. The summed E-state index contributed by atoms with van der Waals surface area (Å²) in [6.07, 6.45) is 6.80. The first-order valence-corrected chi connectivity index (χ1v) is 7.85. The Kier molecular flexibility index (Phi) is 5.45. The van der Waals surface area contributed by atoms with Gasteiger partial charge in [0.05, 0.1) is 5.92 Å². The van der Waals surface area contributed by atoms with Crippen molar-refractivity contribution in [3.63, 3.8) is 0 Å². The Morgan fingerprint density at radius 2 is 1.90 bits per heavy atom. The van der Waals surface area contributed by atoms with E-state index in [2.05, 4.69) is 10.6 Å². The Labute approximate surface area is 125 Å². The predicted octanol–water partition coefficient (Wildman–Crippen LogP) is 1.89. The van der Waals surface area contributed by atoms with E-state index in [1.165, 1.54) is 0 Å². The standard InChI is InChI=1S/C15H26N2O4/c1-21-10-9-15(7-2-8-15)17-14(20)16-12-5-3-11(4-6-12)13(18)19/h11-12H,2-10H2,1H3,(H,18,19)(H2,16,17,20). The number of carboxylic acids is 1. The second-order valence-corrected chi connectivity index (χ2v) is 6.36. The van der Waals surface area contributed by atoms with Crippen LogP contribution in [-0.2, 0) is 9.53 Å². The van der Waals surface area contributed by atoms with E-state index in [0.29, 0.717) is 19.4 Å². The summed E-state index contributed by atoms with van der Waals surface area (Å²) in [5.41, 5.74) is -0.0988. The maximum Gasteiger partial charge on any atom is 0.315 e. The van der Waals surface area contributed by atoms with Crippen LogP contribution in [-0.4, -0.2) is 42.4 Å². The van der Waals surface area contributed by atoms with Crippen molar-refractivity contribution >= 4 is 12.0 Å². The molecule has 0 aromatic carbocycles. The van der Waals surface area contributed by atoms with Gasteiger partial charge in [0.1, 0.15) is 0 Å². The van der Waals surface area contributed by atoms with Crippen LogP contribution in [0.15, 0.2) is 0 Å². The van der Waals surface area contributed by atoms with Crippen LogP contribution in [0.2, 0.25) is 0 Å². The fraction of sp³-hybridized carbons (Fsp3) is 0.867. The zero-order valence-electron chi connectivity index (χ0n) is 12.7. The molecule has 0 saturated heterocycles. The lowest BCUT2D eigenvalue weighted by Gasteiger charge is -2.43. The van der Waals surface area contributed by atoms with Gasteiger partial charge in [-0.2, -0.15) is 0 Å². The van der Waals surface area contributed by atoms with Crippen LogP contribution in [0, 0.1) is 5.92 Å². The number of rotatable bonds is 6. The van der Waals surface area contributed by atoms with E-state index in [4.69, 9.17) is 9.84 Å². The highest BCUT2D eigenvalue weighted by Gasteiger charge is 2.38. The van der Waals surface area contributed by atoms with Crippen LogP contribution in [0.25, 0.3) is 0 Å². The molecular formula is C15H26N2O4. The fourth-order valence-corrected chi connectivity index (χ4v) is 3.29. The maximum atomic E-state index is 12.1. The second-order valence-electron chi connectivity index (χ2n) is 6.36. The second kappa shape index (κ2) is 7.11. The molecule has 21 heavy (non-hydrogen) atoms. The summed E-state index contributed by atoms with van der Waals surface area (Å²) in [6, 6.07) is -0.0234. The van der Waals surface area contributed by atoms with Gasteiger partial charge in [0.25, 0.3) is 0 Å². The first-order valence-electron chi connectivity index (χ1n) is 7.85. The van der Waals surface area contributed by atoms with Gasteiger partial charge in [-0.05, 0) is 51.4 Å². The van der Waals surface area contributed by atoms with E-state index in [-0.39, 0.29) is 23.5 Å². The Balaban J connectivity index is 1.73. The first kappa shape index (κ1) is 16.1. The normalized spacial score (nSPS) is 27.5. The zero-order valence-corrected chi connectivity index (χ0v) is 12.7. The molecule has 2 amide bonds. The minimum atomic E-state index is -0.717. The number of carbonyl (C=O) groups excluding carboxylic acids is 1. The van der Waals surface area contributed by atoms with Crippen LogP contribution in [0.3, 0.4) is 0 Å². The van der Waals surface area contributed by atoms with Crippen LogP contribution >= 0.6 is 0 Å². The minimum Gasteiger partial charge on any atom is -0.481 e. The zero-order chi connectivity index (χ0) is 15.3. The highest BCUT2D eigenvalue weighted by Crippen LogP contribution is 2.35. The van der Waals surface area contributed by atoms with Crippen LogP contribution in [0.4, 0.5) is 4.79 Å². The Bertz CT molecular complexity index is 374. The van der Waals surface area contributed by atoms with Crippen molar-refractivity contribution in [2.24, 2.45) is 5.92 Å². The number of nitrogens with one attached hydrogen (secondary N) is 2. The Hall–Kier alpha value is -1.30. The molecule has 6 heteroatoms. The number of carbonyl (C=O) groups is 2. The lowest BCUT2D eigenvalue weighted by atomic mass is 9.74. The largest absolute Gasteiger partial charge is 0.481 e. The molecule has 2 aliphatic carbocycles. The third-order valence-corrected chi connectivity index (χ3v) is 4.89. The quantitative estimate of drug-likeness (QED) is 0.699. The van der Waals surface area contributed by atoms with Gasteiger partial charge < -0.3 is 20.5 Å². The average Bonchev–Trinajstić information content (AvgIpc) is 2.42. The molecule has 0 spiro atoms. The van der Waals surface area contributed by atoms with E-state index in [0.717, 1.165) is 38.5 Å². The third-order valence-electron chi connectivity index (χ3n) is 4.89. The van der Waals surface area contributed by atoms with Crippen LogP contribution in [0.1, 0.15) is 51.4 Å². The number of amides is 2. The van der Waals surface area contributed by atoms with Crippen molar-refractivity contribution in [3.05, 3.63) is 0 Å². The van der Waals surface area contributed by atoms with E-state index in [9.17, 15) is 9.59 Å². The minimum absolute atomic E-state index is 0.0974. The molecule has 2 saturated carbocycles. The highest BCUT2D eigenvalue weighted by atomic mass is 16.5. The summed E-state index contributed by atoms with van der Waals surface area (Å²) in [5, 5.41) is 15.1. The van der Waals surface area contributed by atoms with Gasteiger partial charge in [0.2, 0.25) is 0 Å². The lowest BCUT2D eigenvalue weighted by molar-refractivity contribution is -0.142. The SMILES string of the molecule is COCCC1(NC(=O)NC2CCC(C(=O)O)CC2)CCC1. The summed E-state index contributed by atoms with van der Waals surface area (Å²) in [7, 11) is 1.67. The van der Waals surface area contributed by atoms with Gasteiger partial charge in [-0.15, -0.1) is 0 Å². The molecule has 2 fully saturated rings. The smallest absolute Gasteiger partial charge is 0.315 e. The number of ether oxygens (including phenoxy) is 1. The topological polar surface area (TPSA) is 87.7 Å². The van der Waals surface area contributed by atoms with Crippen molar-refractivity contribution in [1.82, 2.24) is 10.6 Å². The Morgan fingerprint density at radius 3 is 2.38 bits per heavy atom. The molecule has 0 atom stereocenters. The van der Waals surface area contributed by atoms with Crippen LogP contribution < -0.4 is 10.6 Å². The monoisotopic (exact) mass is 298 g/mol. The molecular weight excluding hydrogens is 272 g/mol. The number of hydrogen-bond acceptors (Lipinski definition) is 3. The van der Waals surface area contributed by atoms with E-state index < -0.39 is 5.97 Å². The molecule has 0 unspecified atom stereocenters. The van der Waals surface area contributed by atoms with Gasteiger partial charge in [-0.25, -0.2) is 4.79 Å². The molecule has 0 aromatic rings. The van der Waals surface area contributed by atoms with E-state index in [1.54, 1.807) is 7.11 Å². The number of aliphatic carboxylic acids is 1. The van der Waals surface area contributed by atoms with Crippen molar-refractivity contribution in [1.29, 1.82) is 0 Å². The van der Waals surface area contributed by atoms with Gasteiger partial charge >= 0.3 is 12.0 Å². The molecule has 0 aromatic heterocycles. The molecule has 3 N–H and O–H groups in total. The number of methoxy groups -OCH3 is 1. The van der Waals surface area contributed by atoms with Crippen molar-refractivity contribution in [2.75, 3.05) is 13.7 Å². The van der Waals surface area contributed by atoms with Crippen molar-refractivity contribution < 1.29 is 19.4 Å². The number of hydrogen-bond donors (Lipinski definition) is 3. The summed E-state index contributed by atoms with van der Waals surface area (Å²) in [5.74, 6) is -0.961. The summed E-state index contributed by atoms with van der Waals surface area (Å²) < 4.78 is 5.11. The molecule has 6 nitrogen and oxygen atoms in total. The van der Waals surface area contributed by atoms with Gasteiger partial charge in [0.15, 0.2) is 0 Å². The number of carboxylic acid groups (broad SMARTS) is 1. The van der Waals surface area contributed by atoms with E-state index >= 15 is 0 Å². The van der Waals surface area contributed by atoms with Gasteiger partial charge in [-0.1, -0.05) is 0 Å². The molecule has 0 heterocycles. The molecule has 0 bridgehead atoms. The fourth-order valence-electron chi connectivity index (χ4n) is 3.29. The molecule has 2 rings (SSSR count). The summed E-state index contributed by atoms with van der Waals surface area (Å²) in [6.45, 7) is 0.657. The van der Waals surface area contributed by atoms with Gasteiger partial charge in [-0.3, -0.25) is 4.79 Å². The lowest BCUT2D eigenvalue weighted by Crippen LogP contribution is -2.58. The molecule has 120 valence electrons. The summed E-state index contributed by atoms with van der Waals surface area (Å²) in [4.78, 5) is 23.0. The maximum absolute atomic E-state index is 12.1. The average molecular weight is 298 g/mol. The number of urea groups is 1. The van der Waals surface area contributed by atoms with Crippen molar-refractivity contribution in [2.45, 2.75) is 62.9 Å². The predicted molar refractivity (Wildman–Crippen MR) is 78.1 cm³/mol. The molecule has 0 radical (unpaired) electrons. The molecule has 2 aliphatic rings. The van der Waals surface area contributed by atoms with E-state index in [1.807, 2.05) is 0 Å². The Morgan fingerprint density at radius 1 is 1.24 bits per heavy atom. The van der Waals surface area contributed by atoms with Gasteiger partial charge in [0, 0.05) is 25.3 Å². The van der Waals surface area contributed by atoms with Crippen LogP contribution in [0.5, 0.6) is 0 Å². The third kappa shape index (κ3) is 4.33. The van der Waals surface area contributed by atoms with Crippen molar-refractivity contribution in [3.8, 4) is 0 Å². The summed E-state index contributed by atoms with van der Waals surface area (Å²) >= 11 is 0.